The van der Waals surface area contributed by atoms with Gasteiger partial charge < -0.3 is 54.2 Å². The Hall–Kier alpha value is -5.24. The topological polar surface area (TPSA) is 324 Å². The Kier molecular flexibility index (Phi) is 21.0. The first-order chi connectivity index (χ1) is 25.7. The highest BCUT2D eigenvalue weighted by molar-refractivity contribution is 7.98. The maximum absolute atomic E-state index is 13.7. The summed E-state index contributed by atoms with van der Waals surface area (Å²) in [6.45, 7) is 6.35. The molecule has 1 aromatic rings. The number of carboxylic acids is 1. The molecule has 55 heavy (non-hydrogen) atoms. The van der Waals surface area contributed by atoms with Crippen LogP contribution in [-0.4, -0.2) is 113 Å². The Bertz CT molecular complexity index is 1510. The molecule has 20 heteroatoms. The second-order valence-corrected chi connectivity index (χ2v) is 14.6. The molecular weight excluding hydrogens is 739 g/mol. The number of hydrogen-bond donors (Lipinski definition) is 10. The van der Waals surface area contributed by atoms with Gasteiger partial charge in [-0.1, -0.05) is 58.0 Å². The quantitative estimate of drug-likeness (QED) is 0.0487. The van der Waals surface area contributed by atoms with Gasteiger partial charge >= 0.3 is 5.97 Å². The number of rotatable bonds is 25. The van der Waals surface area contributed by atoms with Gasteiger partial charge in [0.2, 0.25) is 47.3 Å². The van der Waals surface area contributed by atoms with Crippen molar-refractivity contribution in [2.24, 2.45) is 29.0 Å². The lowest BCUT2D eigenvalue weighted by Gasteiger charge is -2.27. The van der Waals surface area contributed by atoms with Gasteiger partial charge in [-0.15, -0.1) is 0 Å². The second kappa shape index (κ2) is 24.2. The van der Waals surface area contributed by atoms with Crippen molar-refractivity contribution >= 4 is 65.0 Å². The van der Waals surface area contributed by atoms with Crippen LogP contribution in [0.1, 0.15) is 58.9 Å². The number of primary amides is 2. The van der Waals surface area contributed by atoms with Gasteiger partial charge in [-0.25, -0.2) is 0 Å². The number of nitrogens with two attached hydrogens (primary N) is 3. The van der Waals surface area contributed by atoms with Crippen molar-refractivity contribution < 1.29 is 48.3 Å². The van der Waals surface area contributed by atoms with Crippen LogP contribution < -0.4 is 49.1 Å². The predicted molar refractivity (Wildman–Crippen MR) is 203 cm³/mol. The highest BCUT2D eigenvalue weighted by Crippen LogP contribution is 2.10. The van der Waals surface area contributed by atoms with Crippen molar-refractivity contribution in [2.45, 2.75) is 96.1 Å². The Morgan fingerprint density at radius 2 is 1.27 bits per heavy atom. The molecule has 0 spiro atoms. The molecule has 0 aliphatic heterocycles. The van der Waals surface area contributed by atoms with Gasteiger partial charge in [0, 0.05) is 6.42 Å². The van der Waals surface area contributed by atoms with E-state index in [2.05, 4.69) is 31.9 Å². The van der Waals surface area contributed by atoms with Crippen molar-refractivity contribution in [3.05, 3.63) is 35.9 Å². The summed E-state index contributed by atoms with van der Waals surface area (Å²) in [5.74, 6) is -8.09. The van der Waals surface area contributed by atoms with Gasteiger partial charge in [0.05, 0.1) is 25.4 Å². The first-order valence-corrected chi connectivity index (χ1v) is 19.0. The number of carbonyl (C=O) groups excluding carboxylic acids is 8. The van der Waals surface area contributed by atoms with E-state index >= 15 is 0 Å². The zero-order chi connectivity index (χ0) is 41.8. The first kappa shape index (κ1) is 47.8. The van der Waals surface area contributed by atoms with E-state index in [9.17, 15) is 43.2 Å². The number of benzene rings is 1. The molecular formula is C35H55N9O10S. The number of aliphatic carboxylic acids is 1. The van der Waals surface area contributed by atoms with E-state index in [4.69, 9.17) is 22.3 Å². The van der Waals surface area contributed by atoms with E-state index in [0.29, 0.717) is 17.7 Å². The molecule has 1 rings (SSSR count). The molecule has 1 aromatic carbocycles. The van der Waals surface area contributed by atoms with Gasteiger partial charge in [0.15, 0.2) is 0 Å². The van der Waals surface area contributed by atoms with Crippen molar-refractivity contribution in [3.8, 4) is 0 Å². The number of carbonyl (C=O) groups is 9. The molecule has 0 bridgehead atoms. The zero-order valence-electron chi connectivity index (χ0n) is 31.7. The van der Waals surface area contributed by atoms with Crippen LogP contribution >= 0.6 is 11.8 Å². The lowest BCUT2D eigenvalue weighted by atomic mass is 10.0. The summed E-state index contributed by atoms with van der Waals surface area (Å²) >= 11 is 1.47. The van der Waals surface area contributed by atoms with Crippen molar-refractivity contribution in [1.82, 2.24) is 31.9 Å². The highest BCUT2D eigenvalue weighted by atomic mass is 32.2. The van der Waals surface area contributed by atoms with Crippen LogP contribution in [0.2, 0.25) is 0 Å². The summed E-state index contributed by atoms with van der Waals surface area (Å²) < 4.78 is 0. The highest BCUT2D eigenvalue weighted by Gasteiger charge is 2.33. The molecule has 0 aliphatic carbocycles. The first-order valence-electron chi connectivity index (χ1n) is 17.6. The average Bonchev–Trinajstić information content (AvgIpc) is 3.09. The third kappa shape index (κ3) is 18.6. The van der Waals surface area contributed by atoms with Crippen molar-refractivity contribution in [3.63, 3.8) is 0 Å². The maximum Gasteiger partial charge on any atom is 0.305 e. The largest absolute Gasteiger partial charge is 0.481 e. The molecule has 19 nitrogen and oxygen atoms in total. The van der Waals surface area contributed by atoms with Crippen LogP contribution in [0.5, 0.6) is 0 Å². The lowest BCUT2D eigenvalue weighted by Crippen LogP contribution is -2.60. The van der Waals surface area contributed by atoms with E-state index in [-0.39, 0.29) is 18.8 Å². The van der Waals surface area contributed by atoms with Crippen LogP contribution in [0, 0.1) is 11.8 Å². The van der Waals surface area contributed by atoms with Crippen LogP contribution in [-0.2, 0) is 49.6 Å². The van der Waals surface area contributed by atoms with E-state index in [0.717, 1.165) is 0 Å². The summed E-state index contributed by atoms with van der Waals surface area (Å²) in [6.07, 6.45) is 0.783. The summed E-state index contributed by atoms with van der Waals surface area (Å²) in [5, 5.41) is 23.8. The molecule has 8 amide bonds. The fourth-order valence-electron chi connectivity index (χ4n) is 5.11. The van der Waals surface area contributed by atoms with Crippen LogP contribution in [0.3, 0.4) is 0 Å². The van der Waals surface area contributed by atoms with Crippen LogP contribution in [0.4, 0.5) is 0 Å². The second-order valence-electron chi connectivity index (χ2n) is 13.6. The SMILES string of the molecule is CSCC[C@H](NC(=O)[C@H](CC(C)C)NC(=O)CNC(=O)[C@@H](NC(=O)[C@H](Cc1ccccc1)NC(=O)[C@H](CC(N)=O)NC(=O)[C@@H](N)CC(=O)O)C(C)C)C(N)=O. The molecule has 0 aliphatic rings. The summed E-state index contributed by atoms with van der Waals surface area (Å²) in [7, 11) is 0. The molecule has 0 saturated heterocycles. The summed E-state index contributed by atoms with van der Waals surface area (Å²) in [5.41, 5.74) is 16.9. The lowest BCUT2D eigenvalue weighted by molar-refractivity contribution is -0.140. The monoisotopic (exact) mass is 793 g/mol. The zero-order valence-corrected chi connectivity index (χ0v) is 32.5. The van der Waals surface area contributed by atoms with Gasteiger partial charge in [-0.05, 0) is 42.2 Å². The maximum atomic E-state index is 13.7. The molecule has 0 radical (unpaired) electrons. The molecule has 0 fully saturated rings. The minimum atomic E-state index is -1.63. The molecule has 0 saturated carbocycles. The van der Waals surface area contributed by atoms with Crippen molar-refractivity contribution in [1.29, 1.82) is 0 Å². The summed E-state index contributed by atoms with van der Waals surface area (Å²) in [4.78, 5) is 114. The average molecular weight is 794 g/mol. The Labute approximate surface area is 324 Å². The Morgan fingerprint density at radius 1 is 0.709 bits per heavy atom. The fraction of sp³-hybridized carbons (Fsp3) is 0.571. The Morgan fingerprint density at radius 3 is 1.80 bits per heavy atom. The molecule has 0 heterocycles. The molecule has 0 aromatic heterocycles. The minimum Gasteiger partial charge on any atom is -0.481 e. The number of thioether (sulfide) groups is 1. The minimum absolute atomic E-state index is 0.0365. The molecule has 0 unspecified atom stereocenters. The van der Waals surface area contributed by atoms with Crippen molar-refractivity contribution in [2.75, 3.05) is 18.6 Å². The molecule has 13 N–H and O–H groups in total. The van der Waals surface area contributed by atoms with E-state index in [1.165, 1.54) is 11.8 Å². The van der Waals surface area contributed by atoms with Crippen LogP contribution in [0.15, 0.2) is 30.3 Å². The third-order valence-electron chi connectivity index (χ3n) is 7.98. The van der Waals surface area contributed by atoms with E-state index in [1.54, 1.807) is 44.2 Å². The molecule has 6 atom stereocenters. The number of hydrogen-bond acceptors (Lipinski definition) is 11. The fourth-order valence-corrected chi connectivity index (χ4v) is 5.58. The number of amides is 8. The van der Waals surface area contributed by atoms with Gasteiger partial charge in [0.25, 0.3) is 0 Å². The predicted octanol–water partition coefficient (Wildman–Crippen LogP) is -2.61. The third-order valence-corrected chi connectivity index (χ3v) is 8.63. The summed E-state index contributed by atoms with van der Waals surface area (Å²) in [6, 6.07) is 0.704. The number of nitrogens with one attached hydrogen (secondary N) is 6. The number of carboxylic acid groups (broad SMARTS) is 1. The van der Waals surface area contributed by atoms with Crippen LogP contribution in [0.25, 0.3) is 0 Å². The Balaban J connectivity index is 3.15. The van der Waals surface area contributed by atoms with Gasteiger partial charge in [0.1, 0.15) is 30.2 Å². The smallest absolute Gasteiger partial charge is 0.305 e. The van der Waals surface area contributed by atoms with E-state index < -0.39 is 115 Å². The molecule has 306 valence electrons. The van der Waals surface area contributed by atoms with E-state index in [1.807, 2.05) is 20.1 Å². The van der Waals surface area contributed by atoms with Gasteiger partial charge in [-0.2, -0.15) is 11.8 Å². The normalized spacial score (nSPS) is 14.3. The standard InChI is InChI=1S/C35H55N9O10S/c1-18(2)13-23(32(51)41-22(30(38)49)11-12-55-5)40-27(46)17-39-35(54)29(19(3)4)44-34(53)24(14-20-9-7-6-8-10-20)43-33(52)25(16-26(37)45)42-31(50)21(36)15-28(47)48/h6-10,18-19,21-25,29H,11-17,36H2,1-5H3,(H2,37,45)(H2,38,49)(H,39,54)(H,40,46)(H,41,51)(H,42,50)(H,43,52)(H,44,53)(H,47,48)/t21-,22-,23-,24-,25-,29-/m0/s1. The van der Waals surface area contributed by atoms with Gasteiger partial charge in [-0.3, -0.25) is 43.2 Å².